The van der Waals surface area contributed by atoms with Crippen molar-refractivity contribution in [1.29, 1.82) is 5.41 Å². The van der Waals surface area contributed by atoms with E-state index in [1.807, 2.05) is 0 Å². The van der Waals surface area contributed by atoms with Crippen LogP contribution in [0.5, 0.6) is 5.75 Å². The average Bonchev–Trinajstić information content (AvgIpc) is 3.45. The Balaban J connectivity index is 1.58. The number of pyridine rings is 1. The molecule has 10 nitrogen and oxygen atoms in total. The number of carbonyl (C=O) groups excluding carboxylic acids is 1. The molecule has 0 aliphatic carbocycles. The minimum absolute atomic E-state index is 0.138. The fraction of sp³-hybridized carbons (Fsp3) is 0.0952. The second-order valence-electron chi connectivity index (χ2n) is 6.82. The van der Waals surface area contributed by atoms with E-state index < -0.39 is 0 Å². The fourth-order valence-electron chi connectivity index (χ4n) is 2.95. The summed E-state index contributed by atoms with van der Waals surface area (Å²) in [6.45, 7) is 0.0244. The van der Waals surface area contributed by atoms with Crippen LogP contribution in [0.15, 0.2) is 65.7 Å². The Morgan fingerprint density at radius 2 is 2.09 bits per heavy atom. The van der Waals surface area contributed by atoms with E-state index in [2.05, 4.69) is 15.6 Å². The lowest BCUT2D eigenvalue weighted by atomic mass is 10.2. The lowest BCUT2D eigenvalue weighted by Crippen LogP contribution is -2.21. The third-order valence-corrected chi connectivity index (χ3v) is 5.67. The molecule has 0 aliphatic rings. The Morgan fingerprint density at radius 3 is 2.82 bits per heavy atom. The van der Waals surface area contributed by atoms with Crippen LogP contribution in [-0.4, -0.2) is 37.9 Å². The number of hydrogen-bond acceptors (Lipinski definition) is 7. The maximum absolute atomic E-state index is 12.2. The van der Waals surface area contributed by atoms with Gasteiger partial charge in [0, 0.05) is 18.3 Å². The van der Waals surface area contributed by atoms with Gasteiger partial charge in [0.15, 0.2) is 0 Å². The summed E-state index contributed by atoms with van der Waals surface area (Å²) in [5.41, 5.74) is 6.87. The van der Waals surface area contributed by atoms with E-state index in [-0.39, 0.29) is 30.5 Å². The molecule has 0 radical (unpaired) electrons. The zero-order valence-corrected chi connectivity index (χ0v) is 18.6. The topological polar surface area (TPSA) is 141 Å². The van der Waals surface area contributed by atoms with Gasteiger partial charge in [0.05, 0.1) is 27.6 Å². The Morgan fingerprint density at radius 1 is 1.24 bits per heavy atom. The number of nitrogens with two attached hydrogens (primary N) is 1. The molecule has 168 valence electrons. The molecule has 12 heteroatoms. The number of rotatable bonds is 8. The minimum atomic E-state index is -0.260. The zero-order chi connectivity index (χ0) is 23.4. The van der Waals surface area contributed by atoms with Crippen molar-refractivity contribution in [2.45, 2.75) is 6.54 Å². The quantitative estimate of drug-likeness (QED) is 0.259. The van der Waals surface area contributed by atoms with E-state index in [9.17, 15) is 9.59 Å². The molecular weight excluding hydrogens is 466 g/mol. The standard InChI is InChI=1S/C21H18ClN7O3S/c22-18-7-6-17(33-18)21(31)25-10-13-11-29(27-26-13)15-5-4-14(9-16(15)32-12-19(23)24)28-8-2-1-3-20(28)30/h1-9,11H,10,12H2,(H3,23,24)(H,25,31). The Hall–Kier alpha value is -3.96. The third-order valence-electron chi connectivity index (χ3n) is 4.44. The normalized spacial score (nSPS) is 10.7. The van der Waals surface area contributed by atoms with Crippen LogP contribution >= 0.6 is 22.9 Å². The molecule has 0 spiro atoms. The Kier molecular flexibility index (Phi) is 6.52. The van der Waals surface area contributed by atoms with E-state index >= 15 is 0 Å². The average molecular weight is 484 g/mol. The van der Waals surface area contributed by atoms with Gasteiger partial charge in [-0.3, -0.25) is 19.6 Å². The molecule has 0 saturated heterocycles. The van der Waals surface area contributed by atoms with E-state index in [1.54, 1.807) is 54.9 Å². The highest BCUT2D eigenvalue weighted by molar-refractivity contribution is 7.17. The molecule has 3 heterocycles. The van der Waals surface area contributed by atoms with Crippen molar-refractivity contribution in [3.8, 4) is 17.1 Å². The van der Waals surface area contributed by atoms with E-state index in [4.69, 9.17) is 27.5 Å². The first-order chi connectivity index (χ1) is 15.9. The van der Waals surface area contributed by atoms with Gasteiger partial charge in [-0.2, -0.15) is 0 Å². The van der Waals surface area contributed by atoms with Crippen LogP contribution in [0.25, 0.3) is 11.4 Å². The second kappa shape index (κ2) is 9.67. The zero-order valence-electron chi connectivity index (χ0n) is 17.1. The van der Waals surface area contributed by atoms with Crippen molar-refractivity contribution in [3.63, 3.8) is 0 Å². The van der Waals surface area contributed by atoms with Crippen LogP contribution in [0.3, 0.4) is 0 Å². The highest BCUT2D eigenvalue weighted by Crippen LogP contribution is 2.26. The fourth-order valence-corrected chi connectivity index (χ4v) is 3.90. The van der Waals surface area contributed by atoms with Crippen LogP contribution < -0.4 is 21.3 Å². The number of benzene rings is 1. The predicted octanol–water partition coefficient (Wildman–Crippen LogP) is 2.38. The van der Waals surface area contributed by atoms with Gasteiger partial charge < -0.3 is 15.8 Å². The summed E-state index contributed by atoms with van der Waals surface area (Å²) in [4.78, 5) is 24.9. The van der Waals surface area contributed by atoms with Crippen molar-refractivity contribution in [2.24, 2.45) is 5.73 Å². The number of thiophene rings is 1. The highest BCUT2D eigenvalue weighted by atomic mass is 35.5. The second-order valence-corrected chi connectivity index (χ2v) is 8.53. The number of nitrogens with one attached hydrogen (secondary N) is 2. The molecule has 4 N–H and O–H groups in total. The van der Waals surface area contributed by atoms with Crippen molar-refractivity contribution in [2.75, 3.05) is 6.61 Å². The molecule has 0 aliphatic heterocycles. The maximum Gasteiger partial charge on any atom is 0.261 e. The highest BCUT2D eigenvalue weighted by Gasteiger charge is 2.14. The van der Waals surface area contributed by atoms with E-state index in [0.29, 0.717) is 32.0 Å². The van der Waals surface area contributed by atoms with Crippen molar-refractivity contribution < 1.29 is 9.53 Å². The largest absolute Gasteiger partial charge is 0.483 e. The van der Waals surface area contributed by atoms with Crippen molar-refractivity contribution in [3.05, 3.63) is 86.2 Å². The summed E-state index contributed by atoms with van der Waals surface area (Å²) < 4.78 is 9.17. The molecule has 33 heavy (non-hydrogen) atoms. The van der Waals surface area contributed by atoms with Gasteiger partial charge in [0.2, 0.25) is 0 Å². The number of amides is 1. The first-order valence-corrected chi connectivity index (χ1v) is 10.8. The van der Waals surface area contributed by atoms with Gasteiger partial charge in [-0.1, -0.05) is 22.9 Å². The summed E-state index contributed by atoms with van der Waals surface area (Å²) >= 11 is 7.06. The number of carbonyl (C=O) groups is 1. The predicted molar refractivity (Wildman–Crippen MR) is 125 cm³/mol. The molecule has 3 aromatic heterocycles. The Labute approximate surface area is 196 Å². The smallest absolute Gasteiger partial charge is 0.261 e. The van der Waals surface area contributed by atoms with Crippen molar-refractivity contribution in [1.82, 2.24) is 24.9 Å². The van der Waals surface area contributed by atoms with Crippen LogP contribution in [0.1, 0.15) is 15.4 Å². The minimum Gasteiger partial charge on any atom is -0.483 e. The molecule has 1 amide bonds. The Bertz CT molecular complexity index is 1380. The number of ether oxygens (including phenoxy) is 1. The van der Waals surface area contributed by atoms with Gasteiger partial charge in [0.1, 0.15) is 29.6 Å². The lowest BCUT2D eigenvalue weighted by Gasteiger charge is -2.13. The molecule has 0 atom stereocenters. The van der Waals surface area contributed by atoms with E-state index in [0.717, 1.165) is 0 Å². The van der Waals surface area contributed by atoms with Gasteiger partial charge in [0.25, 0.3) is 11.5 Å². The summed E-state index contributed by atoms with van der Waals surface area (Å²) in [6, 6.07) is 13.3. The van der Waals surface area contributed by atoms with Crippen LogP contribution in [0.4, 0.5) is 0 Å². The van der Waals surface area contributed by atoms with Gasteiger partial charge in [-0.05, 0) is 30.3 Å². The maximum atomic E-state index is 12.2. The number of aromatic nitrogens is 4. The number of amidine groups is 1. The lowest BCUT2D eigenvalue weighted by molar-refractivity contribution is 0.0954. The molecule has 0 saturated carbocycles. The first kappa shape index (κ1) is 22.2. The molecule has 0 fully saturated rings. The van der Waals surface area contributed by atoms with Crippen LogP contribution in [-0.2, 0) is 6.54 Å². The SMILES string of the molecule is N=C(N)COc1cc(-n2ccccc2=O)ccc1-n1cc(CNC(=O)c2ccc(Cl)s2)nn1. The number of nitrogens with zero attached hydrogens (tertiary/aromatic N) is 4. The molecule has 4 aromatic rings. The first-order valence-electron chi connectivity index (χ1n) is 9.63. The summed E-state index contributed by atoms with van der Waals surface area (Å²) in [6.07, 6.45) is 3.29. The van der Waals surface area contributed by atoms with E-state index in [1.165, 1.54) is 26.7 Å². The van der Waals surface area contributed by atoms with Crippen LogP contribution in [0, 0.1) is 5.41 Å². The van der Waals surface area contributed by atoms with Gasteiger partial charge in [-0.25, -0.2) is 4.68 Å². The summed E-state index contributed by atoms with van der Waals surface area (Å²) in [5, 5.41) is 18.4. The molecule has 4 rings (SSSR count). The van der Waals surface area contributed by atoms with Gasteiger partial charge >= 0.3 is 0 Å². The third kappa shape index (κ3) is 5.27. The van der Waals surface area contributed by atoms with Gasteiger partial charge in [-0.15, -0.1) is 16.4 Å². The number of hydrogen-bond donors (Lipinski definition) is 3. The van der Waals surface area contributed by atoms with Crippen LogP contribution in [0.2, 0.25) is 4.34 Å². The molecule has 1 aromatic carbocycles. The molecule has 0 unspecified atom stereocenters. The van der Waals surface area contributed by atoms with Crippen molar-refractivity contribution >= 4 is 34.7 Å². The number of halogens is 1. The monoisotopic (exact) mass is 483 g/mol. The summed E-state index contributed by atoms with van der Waals surface area (Å²) in [7, 11) is 0. The molecule has 0 bridgehead atoms. The summed E-state index contributed by atoms with van der Waals surface area (Å²) in [5.74, 6) is -0.0596. The molecular formula is C21H18ClN7O3S.